The molecule has 3 rings (SSSR count). The highest BCUT2D eigenvalue weighted by atomic mass is 35.5. The van der Waals surface area contributed by atoms with E-state index in [9.17, 15) is 4.79 Å². The first-order chi connectivity index (χ1) is 11.6. The second kappa shape index (κ2) is 7.28. The van der Waals surface area contributed by atoms with E-state index in [1.807, 2.05) is 49.4 Å². The van der Waals surface area contributed by atoms with Crippen molar-refractivity contribution in [1.82, 2.24) is 5.16 Å². The Labute approximate surface area is 149 Å². The third-order valence-corrected chi connectivity index (χ3v) is 4.82. The van der Waals surface area contributed by atoms with Gasteiger partial charge in [-0.3, -0.25) is 4.79 Å². The number of hydrogen-bond donors (Lipinski definition) is 0. The number of fused-ring (bicyclic) bond motifs is 1. The quantitative estimate of drug-likeness (QED) is 0.462. The third kappa shape index (κ3) is 3.57. The van der Waals surface area contributed by atoms with Crippen molar-refractivity contribution in [1.29, 1.82) is 0 Å². The lowest BCUT2D eigenvalue weighted by Crippen LogP contribution is -2.16. The molecular weight excluding hydrogens is 346 g/mol. The largest absolute Gasteiger partial charge is 0.465 e. The number of carbonyl (C=O) groups excluding carboxylic acids is 1. The predicted molar refractivity (Wildman–Crippen MR) is 96.4 cm³/mol. The van der Waals surface area contributed by atoms with Gasteiger partial charge in [0.15, 0.2) is 5.58 Å². The Morgan fingerprint density at radius 1 is 1.29 bits per heavy atom. The van der Waals surface area contributed by atoms with Gasteiger partial charge in [-0.05, 0) is 44.2 Å². The fraction of sp³-hybridized carbons (Fsp3) is 0.222. The zero-order valence-electron chi connectivity index (χ0n) is 13.3. The van der Waals surface area contributed by atoms with Gasteiger partial charge in [-0.15, -0.1) is 11.8 Å². The van der Waals surface area contributed by atoms with Crippen LogP contribution in [0.2, 0.25) is 5.02 Å². The van der Waals surface area contributed by atoms with Crippen molar-refractivity contribution in [2.45, 2.75) is 24.0 Å². The van der Waals surface area contributed by atoms with E-state index in [-0.39, 0.29) is 11.2 Å². The van der Waals surface area contributed by atoms with Crippen LogP contribution in [-0.2, 0) is 9.53 Å². The number of benzene rings is 2. The van der Waals surface area contributed by atoms with Crippen LogP contribution in [0.3, 0.4) is 0 Å². The molecule has 0 fully saturated rings. The van der Waals surface area contributed by atoms with E-state index < -0.39 is 0 Å². The summed E-state index contributed by atoms with van der Waals surface area (Å²) in [5.41, 5.74) is 2.40. The topological polar surface area (TPSA) is 52.3 Å². The molecule has 1 aromatic heterocycles. The van der Waals surface area contributed by atoms with E-state index in [4.69, 9.17) is 20.9 Å². The van der Waals surface area contributed by atoms with Crippen molar-refractivity contribution < 1.29 is 14.1 Å². The highest BCUT2D eigenvalue weighted by Crippen LogP contribution is 2.33. The van der Waals surface area contributed by atoms with Crippen LogP contribution in [0, 0.1) is 0 Å². The first-order valence-electron chi connectivity index (χ1n) is 7.57. The van der Waals surface area contributed by atoms with Gasteiger partial charge in [0.1, 0.15) is 10.9 Å². The molecule has 124 valence electrons. The Balaban J connectivity index is 1.85. The second-order valence-electron chi connectivity index (χ2n) is 5.21. The maximum atomic E-state index is 11.7. The van der Waals surface area contributed by atoms with Crippen LogP contribution >= 0.6 is 23.4 Å². The molecule has 3 aromatic rings. The maximum absolute atomic E-state index is 11.7. The molecule has 2 aromatic carbocycles. The van der Waals surface area contributed by atoms with Gasteiger partial charge < -0.3 is 9.26 Å². The minimum Gasteiger partial charge on any atom is -0.465 e. The Kier molecular flexibility index (Phi) is 5.11. The summed E-state index contributed by atoms with van der Waals surface area (Å²) in [6.45, 7) is 4.01. The molecule has 0 aliphatic carbocycles. The summed E-state index contributed by atoms with van der Waals surface area (Å²) in [5, 5.41) is 5.48. The van der Waals surface area contributed by atoms with E-state index in [0.717, 1.165) is 21.5 Å². The monoisotopic (exact) mass is 361 g/mol. The molecule has 24 heavy (non-hydrogen) atoms. The average Bonchev–Trinajstić information content (AvgIpc) is 2.99. The van der Waals surface area contributed by atoms with Gasteiger partial charge in [0.2, 0.25) is 0 Å². The van der Waals surface area contributed by atoms with Crippen LogP contribution in [0.4, 0.5) is 0 Å². The number of aromatic nitrogens is 1. The lowest BCUT2D eigenvalue weighted by molar-refractivity contribution is -0.142. The zero-order chi connectivity index (χ0) is 17.1. The zero-order valence-corrected chi connectivity index (χ0v) is 14.9. The van der Waals surface area contributed by atoms with E-state index in [2.05, 4.69) is 5.16 Å². The minimum absolute atomic E-state index is 0.220. The first kappa shape index (κ1) is 16.9. The molecule has 0 saturated heterocycles. The molecule has 6 heteroatoms. The summed E-state index contributed by atoms with van der Waals surface area (Å²) < 4.78 is 10.5. The Bertz CT molecular complexity index is 860. The van der Waals surface area contributed by atoms with Gasteiger partial charge in [0, 0.05) is 20.9 Å². The van der Waals surface area contributed by atoms with Crippen molar-refractivity contribution in [3.05, 3.63) is 47.5 Å². The summed E-state index contributed by atoms with van der Waals surface area (Å²) in [4.78, 5) is 12.7. The summed E-state index contributed by atoms with van der Waals surface area (Å²) in [6, 6.07) is 13.3. The lowest BCUT2D eigenvalue weighted by atomic mass is 10.1. The fourth-order valence-corrected chi connectivity index (χ4v) is 3.34. The number of nitrogens with zero attached hydrogens (tertiary/aromatic N) is 1. The first-order valence-corrected chi connectivity index (χ1v) is 8.83. The summed E-state index contributed by atoms with van der Waals surface area (Å²) in [5.74, 6) is -0.220. The van der Waals surface area contributed by atoms with E-state index in [0.29, 0.717) is 17.2 Å². The number of hydrogen-bond acceptors (Lipinski definition) is 5. The highest BCUT2D eigenvalue weighted by Gasteiger charge is 2.17. The Morgan fingerprint density at radius 2 is 2.04 bits per heavy atom. The molecule has 4 nitrogen and oxygen atoms in total. The molecule has 0 aliphatic heterocycles. The van der Waals surface area contributed by atoms with Crippen molar-refractivity contribution in [2.24, 2.45) is 0 Å². The van der Waals surface area contributed by atoms with Gasteiger partial charge >= 0.3 is 5.97 Å². The summed E-state index contributed by atoms with van der Waals surface area (Å²) in [7, 11) is 0. The van der Waals surface area contributed by atoms with Crippen molar-refractivity contribution in [3.8, 4) is 11.3 Å². The molecule has 0 radical (unpaired) electrons. The molecule has 1 unspecified atom stereocenters. The lowest BCUT2D eigenvalue weighted by Gasteiger charge is -2.09. The van der Waals surface area contributed by atoms with Crippen LogP contribution < -0.4 is 0 Å². The Hall–Kier alpha value is -1.98. The number of rotatable bonds is 5. The number of thioether (sulfide) groups is 1. The molecule has 1 heterocycles. The van der Waals surface area contributed by atoms with Gasteiger partial charge in [0.25, 0.3) is 0 Å². The van der Waals surface area contributed by atoms with E-state index in [1.54, 1.807) is 6.92 Å². The van der Waals surface area contributed by atoms with Crippen LogP contribution in [0.15, 0.2) is 51.9 Å². The summed E-state index contributed by atoms with van der Waals surface area (Å²) >= 11 is 7.36. The van der Waals surface area contributed by atoms with E-state index >= 15 is 0 Å². The SMILES string of the molecule is CCOC(=O)C(C)Sc1ccc2c(-c3ccc(Cl)cc3)noc2c1. The molecule has 0 aliphatic rings. The molecule has 1 atom stereocenters. The number of carbonyl (C=O) groups is 1. The number of ether oxygens (including phenoxy) is 1. The molecule has 0 spiro atoms. The van der Waals surface area contributed by atoms with Crippen LogP contribution in [0.1, 0.15) is 13.8 Å². The van der Waals surface area contributed by atoms with Crippen molar-refractivity contribution >= 4 is 40.3 Å². The van der Waals surface area contributed by atoms with Crippen LogP contribution in [0.5, 0.6) is 0 Å². The number of esters is 1. The Morgan fingerprint density at radius 3 is 2.75 bits per heavy atom. The maximum Gasteiger partial charge on any atom is 0.319 e. The smallest absolute Gasteiger partial charge is 0.319 e. The summed E-state index contributed by atoms with van der Waals surface area (Å²) in [6.07, 6.45) is 0. The van der Waals surface area contributed by atoms with Gasteiger partial charge in [0.05, 0.1) is 6.61 Å². The van der Waals surface area contributed by atoms with Crippen molar-refractivity contribution in [2.75, 3.05) is 6.61 Å². The van der Waals surface area contributed by atoms with Crippen molar-refractivity contribution in [3.63, 3.8) is 0 Å². The third-order valence-electron chi connectivity index (χ3n) is 3.49. The number of halogens is 1. The molecular formula is C18H16ClNO3S. The highest BCUT2D eigenvalue weighted by molar-refractivity contribution is 8.00. The van der Waals surface area contributed by atoms with E-state index in [1.165, 1.54) is 11.8 Å². The normalized spacial score (nSPS) is 12.3. The van der Waals surface area contributed by atoms with Gasteiger partial charge in [-0.25, -0.2) is 0 Å². The van der Waals surface area contributed by atoms with Gasteiger partial charge in [-0.2, -0.15) is 0 Å². The van der Waals surface area contributed by atoms with Crippen LogP contribution in [0.25, 0.3) is 22.2 Å². The molecule has 0 saturated carbocycles. The standard InChI is InChI=1S/C18H16ClNO3S/c1-3-22-18(21)11(2)24-14-8-9-15-16(10-14)23-20-17(15)12-4-6-13(19)7-5-12/h4-11H,3H2,1-2H3. The fourth-order valence-electron chi connectivity index (χ4n) is 2.32. The van der Waals surface area contributed by atoms with Gasteiger partial charge in [-0.1, -0.05) is 28.9 Å². The minimum atomic E-state index is -0.277. The molecule has 0 N–H and O–H groups in total. The second-order valence-corrected chi connectivity index (χ2v) is 7.06. The molecule has 0 bridgehead atoms. The average molecular weight is 362 g/mol. The van der Waals surface area contributed by atoms with Crippen LogP contribution in [-0.4, -0.2) is 23.0 Å². The molecule has 0 amide bonds. The predicted octanol–water partition coefficient (Wildman–Crippen LogP) is 5.19.